The largest absolute Gasteiger partial charge is 0.505 e. The van der Waals surface area contributed by atoms with Crippen LogP contribution in [-0.2, 0) is 14.3 Å². The molecule has 1 heterocycles. The summed E-state index contributed by atoms with van der Waals surface area (Å²) in [7, 11) is 0. The predicted molar refractivity (Wildman–Crippen MR) is 166 cm³/mol. The van der Waals surface area contributed by atoms with Crippen LogP contribution in [-0.4, -0.2) is 57.2 Å². The molecule has 0 unspecified atom stereocenters. The quantitative estimate of drug-likeness (QED) is 0.246. The highest BCUT2D eigenvalue weighted by Gasteiger charge is 2.72. The first kappa shape index (κ1) is 32.2. The number of hydrogen-bond acceptors (Lipinski definition) is 7. The highest BCUT2D eigenvalue weighted by molar-refractivity contribution is 5.89. The summed E-state index contributed by atoms with van der Waals surface area (Å²) < 4.78 is 4.94. The number of fused-ring (bicyclic) bond motifs is 7. The Hall–Kier alpha value is -1.80. The number of aliphatic hydroxyl groups excluding tert-OH is 4. The molecule has 6 aliphatic rings. The van der Waals surface area contributed by atoms with Crippen molar-refractivity contribution in [2.75, 3.05) is 6.54 Å². The lowest BCUT2D eigenvalue weighted by Gasteiger charge is -2.73. The van der Waals surface area contributed by atoms with Gasteiger partial charge in [-0.1, -0.05) is 48.5 Å². The zero-order valence-electron chi connectivity index (χ0n) is 28.0. The van der Waals surface area contributed by atoms with Crippen molar-refractivity contribution in [2.24, 2.45) is 62.6 Å². The molecular weight excluding hydrogens is 558 g/mol. The van der Waals surface area contributed by atoms with Crippen LogP contribution in [0.25, 0.3) is 0 Å². The molecule has 5 saturated carbocycles. The summed E-state index contributed by atoms with van der Waals surface area (Å²) in [6.45, 7) is 16.7. The van der Waals surface area contributed by atoms with E-state index in [2.05, 4.69) is 53.8 Å². The van der Waals surface area contributed by atoms with Gasteiger partial charge in [-0.2, -0.15) is 0 Å². The number of carbonyl (C=O) groups excluding carboxylic acids is 2. The Morgan fingerprint density at radius 1 is 0.909 bits per heavy atom. The Labute approximate surface area is 263 Å². The van der Waals surface area contributed by atoms with E-state index in [1.54, 1.807) is 0 Å². The molecule has 0 spiro atoms. The van der Waals surface area contributed by atoms with Gasteiger partial charge in [0.25, 0.3) is 0 Å². The number of rotatable bonds is 5. The zero-order valence-corrected chi connectivity index (χ0v) is 28.0. The van der Waals surface area contributed by atoms with E-state index < -0.39 is 35.1 Å². The first-order valence-electron chi connectivity index (χ1n) is 17.4. The van der Waals surface area contributed by atoms with Crippen molar-refractivity contribution >= 4 is 11.9 Å². The molecule has 0 radical (unpaired) electrons. The second kappa shape index (κ2) is 10.4. The smallest absolute Gasteiger partial charge is 0.377 e. The van der Waals surface area contributed by atoms with Crippen LogP contribution in [0.4, 0.5) is 0 Å². The number of hydrogen-bond donors (Lipinski definition) is 5. The number of nitrogens with one attached hydrogen (secondary N) is 1. The van der Waals surface area contributed by atoms with E-state index in [1.165, 1.54) is 12.8 Å². The van der Waals surface area contributed by atoms with E-state index in [1.807, 2.05) is 0 Å². The second-order valence-corrected chi connectivity index (χ2v) is 17.5. The summed E-state index contributed by atoms with van der Waals surface area (Å²) in [6.07, 6.45) is 7.33. The molecule has 5 N–H and O–H groups in total. The minimum atomic E-state index is -1.38. The standard InChI is InChI=1S/C36H57NO7/c1-19(2)20-10-15-36(31(43)37-18-22(38)29-27(40)28(41)30(42)44-29)17-16-34(6)21(26(20)36)8-9-24-33(5)13-12-25(39)32(3,4)23(33)11-14-35(24,34)7/h19-26,29,38-41H,8-18H2,1-7H3,(H,37,43)/t20-,21+,22-,23-,24+,25-,26+,29+,33-,34+,35+,36-/m0/s1. The fourth-order valence-electron chi connectivity index (χ4n) is 13.0. The predicted octanol–water partition coefficient (Wildman–Crippen LogP) is 5.81. The molecular formula is C36H57NO7. The molecule has 0 aromatic carbocycles. The average Bonchev–Trinajstić information content (AvgIpc) is 3.48. The minimum Gasteiger partial charge on any atom is -0.505 e. The van der Waals surface area contributed by atoms with Crippen LogP contribution in [0.15, 0.2) is 11.5 Å². The maximum Gasteiger partial charge on any atom is 0.377 e. The van der Waals surface area contributed by atoms with E-state index in [4.69, 9.17) is 4.74 Å². The molecule has 0 aromatic heterocycles. The summed E-state index contributed by atoms with van der Waals surface area (Å²) in [5, 5.41) is 44.5. The van der Waals surface area contributed by atoms with Crippen LogP contribution in [0.2, 0.25) is 0 Å². The normalized spacial score (nSPS) is 48.6. The van der Waals surface area contributed by atoms with E-state index in [0.717, 1.165) is 51.4 Å². The Morgan fingerprint density at radius 2 is 1.61 bits per heavy atom. The molecule has 248 valence electrons. The summed E-state index contributed by atoms with van der Waals surface area (Å²) in [5.74, 6) is 0.0418. The molecule has 8 heteroatoms. The van der Waals surface area contributed by atoms with Gasteiger partial charge in [0.15, 0.2) is 11.9 Å². The molecule has 0 aromatic rings. The summed E-state index contributed by atoms with van der Waals surface area (Å²) in [4.78, 5) is 26.0. The third-order valence-corrected chi connectivity index (χ3v) is 15.5. The molecule has 44 heavy (non-hydrogen) atoms. The van der Waals surface area contributed by atoms with Crippen LogP contribution >= 0.6 is 0 Å². The van der Waals surface area contributed by atoms with Crippen molar-refractivity contribution in [3.8, 4) is 0 Å². The van der Waals surface area contributed by atoms with E-state index >= 15 is 0 Å². The summed E-state index contributed by atoms with van der Waals surface area (Å²) in [5.41, 5.74) is -0.0985. The summed E-state index contributed by atoms with van der Waals surface area (Å²) in [6, 6.07) is 0. The number of ether oxygens (including phenoxy) is 1. The highest BCUT2D eigenvalue weighted by Crippen LogP contribution is 2.77. The minimum absolute atomic E-state index is 0.0327. The lowest BCUT2D eigenvalue weighted by molar-refractivity contribution is -0.248. The van der Waals surface area contributed by atoms with Gasteiger partial charge >= 0.3 is 5.97 Å². The maximum atomic E-state index is 14.3. The molecule has 1 amide bonds. The van der Waals surface area contributed by atoms with Crippen LogP contribution in [0.1, 0.15) is 113 Å². The molecule has 5 fully saturated rings. The zero-order chi connectivity index (χ0) is 32.2. The average molecular weight is 616 g/mol. The van der Waals surface area contributed by atoms with Crippen molar-refractivity contribution in [1.82, 2.24) is 5.32 Å². The van der Waals surface area contributed by atoms with E-state index in [9.17, 15) is 30.0 Å². The molecule has 6 rings (SSSR count). The Morgan fingerprint density at radius 3 is 2.25 bits per heavy atom. The van der Waals surface area contributed by atoms with Crippen molar-refractivity contribution in [3.63, 3.8) is 0 Å². The number of esters is 1. The molecule has 1 aliphatic heterocycles. The Bertz CT molecular complexity index is 1230. The molecule has 8 nitrogen and oxygen atoms in total. The molecule has 5 aliphatic carbocycles. The highest BCUT2D eigenvalue weighted by atomic mass is 16.6. The Kier molecular flexibility index (Phi) is 7.56. The van der Waals surface area contributed by atoms with Gasteiger partial charge in [0.2, 0.25) is 11.7 Å². The third-order valence-electron chi connectivity index (χ3n) is 15.5. The van der Waals surface area contributed by atoms with Crippen LogP contribution in [0.5, 0.6) is 0 Å². The van der Waals surface area contributed by atoms with Crippen LogP contribution in [0.3, 0.4) is 0 Å². The lowest BCUT2D eigenvalue weighted by Crippen LogP contribution is -2.67. The van der Waals surface area contributed by atoms with Crippen LogP contribution < -0.4 is 5.32 Å². The van der Waals surface area contributed by atoms with Crippen molar-refractivity contribution in [2.45, 2.75) is 131 Å². The van der Waals surface area contributed by atoms with Gasteiger partial charge in [-0.15, -0.1) is 0 Å². The fraction of sp³-hybridized carbons (Fsp3) is 0.889. The van der Waals surface area contributed by atoms with Crippen molar-refractivity contribution in [3.05, 3.63) is 11.5 Å². The van der Waals surface area contributed by atoms with Gasteiger partial charge in [0.05, 0.1) is 11.5 Å². The number of carbonyl (C=O) groups is 2. The fourth-order valence-corrected chi connectivity index (χ4v) is 13.0. The molecule has 0 bridgehead atoms. The topological polar surface area (TPSA) is 136 Å². The van der Waals surface area contributed by atoms with Gasteiger partial charge in [-0.25, -0.2) is 4.79 Å². The van der Waals surface area contributed by atoms with Gasteiger partial charge in [0.1, 0.15) is 6.10 Å². The summed E-state index contributed by atoms with van der Waals surface area (Å²) >= 11 is 0. The molecule has 12 atom stereocenters. The van der Waals surface area contributed by atoms with Gasteiger partial charge in [0, 0.05) is 6.54 Å². The second-order valence-electron chi connectivity index (χ2n) is 17.5. The number of aliphatic hydroxyl groups is 4. The van der Waals surface area contributed by atoms with E-state index in [0.29, 0.717) is 29.6 Å². The van der Waals surface area contributed by atoms with Gasteiger partial charge in [-0.05, 0) is 121 Å². The first-order valence-corrected chi connectivity index (χ1v) is 17.4. The van der Waals surface area contributed by atoms with Gasteiger partial charge in [-0.3, -0.25) is 4.79 Å². The third kappa shape index (κ3) is 4.14. The molecule has 0 saturated heterocycles. The van der Waals surface area contributed by atoms with E-state index in [-0.39, 0.29) is 46.1 Å². The van der Waals surface area contributed by atoms with Crippen molar-refractivity contribution < 1.29 is 34.8 Å². The monoisotopic (exact) mass is 615 g/mol. The maximum absolute atomic E-state index is 14.3. The number of amides is 1. The first-order chi connectivity index (χ1) is 20.5. The van der Waals surface area contributed by atoms with Gasteiger partial charge < -0.3 is 30.5 Å². The SMILES string of the molecule is CC(C)[C@@H]1CC[C@]2(C(=O)NC[C@H](O)[C@H]3OC(=O)C(O)=C3O)CC[C@]3(C)[C@H](CC[C@@H]4[C@@]5(C)CC[C@H](O)C(C)(C)[C@@H]5CC[C@]43C)[C@@H]12. The van der Waals surface area contributed by atoms with Crippen molar-refractivity contribution in [1.29, 1.82) is 0 Å². The lowest BCUT2D eigenvalue weighted by atomic mass is 9.32. The Balaban J connectivity index is 1.28. The van der Waals surface area contributed by atoms with Crippen LogP contribution in [0, 0.1) is 62.6 Å². The number of cyclic esters (lactones) is 1.